The predicted molar refractivity (Wildman–Crippen MR) is 181 cm³/mol. The van der Waals surface area contributed by atoms with Gasteiger partial charge in [0, 0.05) is 48.2 Å². The van der Waals surface area contributed by atoms with Crippen molar-refractivity contribution in [2.45, 2.75) is 50.0 Å². The van der Waals surface area contributed by atoms with E-state index in [2.05, 4.69) is 27.1 Å². The summed E-state index contributed by atoms with van der Waals surface area (Å²) < 4.78 is 30.9. The first-order valence-electron chi connectivity index (χ1n) is 15.5. The summed E-state index contributed by atoms with van der Waals surface area (Å²) in [5.41, 5.74) is 4.05. The zero-order chi connectivity index (χ0) is 31.3. The van der Waals surface area contributed by atoms with E-state index in [0.29, 0.717) is 22.6 Å². The summed E-state index contributed by atoms with van der Waals surface area (Å²) in [6.07, 6.45) is 2.71. The largest absolute Gasteiger partial charge is 0.377 e. The van der Waals surface area contributed by atoms with Gasteiger partial charge < -0.3 is 15.1 Å². The molecule has 8 heteroatoms. The quantitative estimate of drug-likeness (QED) is 0.195. The summed E-state index contributed by atoms with van der Waals surface area (Å²) in [5, 5.41) is 4.64. The van der Waals surface area contributed by atoms with Crippen molar-refractivity contribution >= 4 is 38.1 Å². The highest BCUT2D eigenvalue weighted by molar-refractivity contribution is 7.89. The fourth-order valence-electron chi connectivity index (χ4n) is 6.08. The first-order valence-corrected chi connectivity index (χ1v) is 17.0. The minimum atomic E-state index is -3.81. The maximum Gasteiger partial charge on any atom is 0.241 e. The standard InChI is InChI=1S/C36H44N4O3S/c1-26(2)36(41)37-30-14-8-13-29(25-30)27-19-22-40(23-20-27)24-21-33(28-11-6-5-7-12-28)38-44(42,43)35-18-10-15-31-32(35)16-9-17-34(31)39(3)4/h5-18,25-27,33,38H,19-24H2,1-4H3,(H,37,41)/t33-/m0/s1. The van der Waals surface area contributed by atoms with E-state index in [4.69, 9.17) is 0 Å². The number of amides is 1. The maximum absolute atomic E-state index is 13.9. The molecule has 1 aliphatic heterocycles. The lowest BCUT2D eigenvalue weighted by Crippen LogP contribution is -2.36. The van der Waals surface area contributed by atoms with Gasteiger partial charge in [-0.3, -0.25) is 4.79 Å². The first-order chi connectivity index (χ1) is 21.1. The Morgan fingerprint density at radius 2 is 1.57 bits per heavy atom. The molecule has 0 spiro atoms. The number of nitrogens with zero attached hydrogens (tertiary/aromatic N) is 2. The number of anilines is 2. The second-order valence-corrected chi connectivity index (χ2v) is 14.0. The summed E-state index contributed by atoms with van der Waals surface area (Å²) in [4.78, 5) is 16.9. The second-order valence-electron chi connectivity index (χ2n) is 12.3. The predicted octanol–water partition coefficient (Wildman–Crippen LogP) is 6.79. The van der Waals surface area contributed by atoms with Gasteiger partial charge in [-0.25, -0.2) is 13.1 Å². The average Bonchev–Trinajstić information content (AvgIpc) is 3.03. The molecule has 1 saturated heterocycles. The van der Waals surface area contributed by atoms with Crippen molar-refractivity contribution in [2.24, 2.45) is 5.92 Å². The second kappa shape index (κ2) is 13.9. The molecule has 1 heterocycles. The molecule has 1 fully saturated rings. The fraction of sp³-hybridized carbons (Fsp3) is 0.361. The molecule has 0 unspecified atom stereocenters. The van der Waals surface area contributed by atoms with Gasteiger partial charge in [-0.05, 0) is 80.2 Å². The Balaban J connectivity index is 1.27. The number of carbonyl (C=O) groups is 1. The Morgan fingerprint density at radius 3 is 2.27 bits per heavy atom. The lowest BCUT2D eigenvalue weighted by atomic mass is 9.89. The minimum absolute atomic E-state index is 0.0272. The molecule has 4 aromatic rings. The van der Waals surface area contributed by atoms with Crippen molar-refractivity contribution in [2.75, 3.05) is 43.9 Å². The fourth-order valence-corrected chi connectivity index (χ4v) is 7.56. The average molecular weight is 613 g/mol. The van der Waals surface area contributed by atoms with Crippen LogP contribution in [-0.2, 0) is 14.8 Å². The molecule has 7 nitrogen and oxygen atoms in total. The Morgan fingerprint density at radius 1 is 0.886 bits per heavy atom. The normalized spacial score (nSPS) is 15.4. The number of hydrogen-bond acceptors (Lipinski definition) is 5. The van der Waals surface area contributed by atoms with Crippen molar-refractivity contribution in [3.8, 4) is 0 Å². The highest BCUT2D eigenvalue weighted by atomic mass is 32.2. The van der Waals surface area contributed by atoms with Crippen LogP contribution < -0.4 is 14.9 Å². The van der Waals surface area contributed by atoms with E-state index in [1.807, 2.05) is 106 Å². The van der Waals surface area contributed by atoms with Crippen molar-refractivity contribution < 1.29 is 13.2 Å². The van der Waals surface area contributed by atoms with Gasteiger partial charge >= 0.3 is 0 Å². The monoisotopic (exact) mass is 612 g/mol. The van der Waals surface area contributed by atoms with Gasteiger partial charge in [0.15, 0.2) is 0 Å². The van der Waals surface area contributed by atoms with Crippen LogP contribution in [0.4, 0.5) is 11.4 Å². The molecule has 44 heavy (non-hydrogen) atoms. The van der Waals surface area contributed by atoms with E-state index in [1.54, 1.807) is 6.07 Å². The SMILES string of the molecule is CC(C)C(=O)Nc1cccc(C2CCN(CC[C@H](NS(=O)(=O)c3cccc4c(N(C)C)cccc34)c3ccccc3)CC2)c1. The van der Waals surface area contributed by atoms with Gasteiger partial charge in [0.05, 0.1) is 4.90 Å². The Kier molecular flexibility index (Phi) is 10.0. The number of rotatable bonds is 11. The third-order valence-electron chi connectivity index (χ3n) is 8.60. The third kappa shape index (κ3) is 7.49. The zero-order valence-corrected chi connectivity index (χ0v) is 27.0. The molecule has 1 aliphatic rings. The molecular weight excluding hydrogens is 568 g/mol. The molecule has 1 atom stereocenters. The van der Waals surface area contributed by atoms with Gasteiger partial charge in [-0.2, -0.15) is 0 Å². The Bertz CT molecular complexity index is 1680. The van der Waals surface area contributed by atoms with Crippen LogP contribution in [0.1, 0.15) is 56.2 Å². The van der Waals surface area contributed by atoms with E-state index in [9.17, 15) is 13.2 Å². The van der Waals surface area contributed by atoms with Crippen LogP contribution in [0.15, 0.2) is 95.9 Å². The van der Waals surface area contributed by atoms with Crippen molar-refractivity contribution in [3.05, 3.63) is 102 Å². The number of sulfonamides is 1. The summed E-state index contributed by atoms with van der Waals surface area (Å²) in [6.45, 7) is 6.47. The lowest BCUT2D eigenvalue weighted by Gasteiger charge is -2.33. The topological polar surface area (TPSA) is 81.8 Å². The van der Waals surface area contributed by atoms with Crippen LogP contribution in [0, 0.1) is 5.92 Å². The van der Waals surface area contributed by atoms with Gasteiger partial charge in [0.25, 0.3) is 0 Å². The molecule has 0 radical (unpaired) electrons. The van der Waals surface area contributed by atoms with E-state index in [1.165, 1.54) is 5.56 Å². The van der Waals surface area contributed by atoms with E-state index >= 15 is 0 Å². The number of nitrogens with one attached hydrogen (secondary N) is 2. The number of likely N-dealkylation sites (tertiary alicyclic amines) is 1. The van der Waals surface area contributed by atoms with Gasteiger partial charge in [0.2, 0.25) is 15.9 Å². The molecule has 2 N–H and O–H groups in total. The molecule has 1 amide bonds. The van der Waals surface area contributed by atoms with Crippen molar-refractivity contribution in [3.63, 3.8) is 0 Å². The number of fused-ring (bicyclic) bond motifs is 1. The number of piperidine rings is 1. The van der Waals surface area contributed by atoms with E-state index in [-0.39, 0.29) is 17.9 Å². The summed E-state index contributed by atoms with van der Waals surface area (Å²) in [5.74, 6) is 0.400. The summed E-state index contributed by atoms with van der Waals surface area (Å²) in [7, 11) is 0.121. The van der Waals surface area contributed by atoms with Gasteiger partial charge in [-0.1, -0.05) is 80.6 Å². The molecule has 5 rings (SSSR count). The third-order valence-corrected chi connectivity index (χ3v) is 10.1. The molecule has 0 bridgehead atoms. The number of hydrogen-bond donors (Lipinski definition) is 2. The Hall–Kier alpha value is -3.72. The van der Waals surface area contributed by atoms with E-state index < -0.39 is 10.0 Å². The summed E-state index contributed by atoms with van der Waals surface area (Å²) in [6, 6.07) is 29.0. The van der Waals surface area contributed by atoms with Crippen LogP contribution in [-0.4, -0.2) is 53.0 Å². The molecule has 0 saturated carbocycles. The van der Waals surface area contributed by atoms with Crippen LogP contribution in [0.5, 0.6) is 0 Å². The maximum atomic E-state index is 13.9. The van der Waals surface area contributed by atoms with Crippen molar-refractivity contribution in [1.82, 2.24) is 9.62 Å². The number of benzene rings is 4. The van der Waals surface area contributed by atoms with Gasteiger partial charge in [0.1, 0.15) is 0 Å². The lowest BCUT2D eigenvalue weighted by molar-refractivity contribution is -0.118. The highest BCUT2D eigenvalue weighted by Gasteiger charge is 2.26. The first kappa shape index (κ1) is 31.7. The number of carbonyl (C=O) groups excluding carboxylic acids is 1. The molecule has 0 aromatic heterocycles. The van der Waals surface area contributed by atoms with Crippen LogP contribution >= 0.6 is 0 Å². The smallest absolute Gasteiger partial charge is 0.241 e. The van der Waals surface area contributed by atoms with Crippen LogP contribution in [0.25, 0.3) is 10.8 Å². The van der Waals surface area contributed by atoms with Crippen LogP contribution in [0.2, 0.25) is 0 Å². The summed E-state index contributed by atoms with van der Waals surface area (Å²) >= 11 is 0. The molecular formula is C36H44N4O3S. The van der Waals surface area contributed by atoms with E-state index in [0.717, 1.165) is 54.8 Å². The highest BCUT2D eigenvalue weighted by Crippen LogP contribution is 2.33. The Labute approximate surface area is 262 Å². The molecule has 232 valence electrons. The minimum Gasteiger partial charge on any atom is -0.377 e. The molecule has 0 aliphatic carbocycles. The van der Waals surface area contributed by atoms with Gasteiger partial charge in [-0.15, -0.1) is 0 Å². The molecule has 4 aromatic carbocycles. The van der Waals surface area contributed by atoms with Crippen molar-refractivity contribution in [1.29, 1.82) is 0 Å². The zero-order valence-electron chi connectivity index (χ0n) is 26.2. The van der Waals surface area contributed by atoms with Crippen LogP contribution in [0.3, 0.4) is 0 Å².